The number of amides is 1. The van der Waals surface area contributed by atoms with Crippen LogP contribution in [0.25, 0.3) is 5.76 Å². The number of halogens is 2. The molecule has 2 heterocycles. The lowest BCUT2D eigenvalue weighted by Gasteiger charge is -2.31. The number of phenols is 1. The van der Waals surface area contributed by atoms with Gasteiger partial charge in [0.1, 0.15) is 17.3 Å². The first kappa shape index (κ1) is 22.3. The van der Waals surface area contributed by atoms with Crippen molar-refractivity contribution in [3.63, 3.8) is 0 Å². The van der Waals surface area contributed by atoms with Gasteiger partial charge in [-0.2, -0.15) is 0 Å². The van der Waals surface area contributed by atoms with Crippen LogP contribution in [0.5, 0.6) is 5.75 Å². The monoisotopic (exact) mass is 460 g/mol. The quantitative estimate of drug-likeness (QED) is 0.405. The van der Waals surface area contributed by atoms with E-state index in [0.29, 0.717) is 38.4 Å². The van der Waals surface area contributed by atoms with Crippen molar-refractivity contribution < 1.29 is 28.9 Å². The average Bonchev–Trinajstić information content (AvgIpc) is 3.05. The number of ether oxygens (including phenoxy) is 1. The van der Waals surface area contributed by atoms with E-state index >= 15 is 0 Å². The number of aliphatic hydroxyl groups is 1. The molecule has 2 saturated heterocycles. The second-order valence-corrected chi connectivity index (χ2v) is 8.10. The highest BCUT2D eigenvalue weighted by molar-refractivity contribution is 6.46. The van der Waals surface area contributed by atoms with E-state index in [9.17, 15) is 24.2 Å². The molecule has 2 aliphatic rings. The summed E-state index contributed by atoms with van der Waals surface area (Å²) in [6.45, 7) is 3.34. The Morgan fingerprint density at radius 3 is 2.47 bits per heavy atom. The zero-order valence-electron chi connectivity index (χ0n) is 17.1. The van der Waals surface area contributed by atoms with Gasteiger partial charge in [-0.1, -0.05) is 23.7 Å². The number of phenolic OH excluding ortho intramolecular Hbond substituents is 1. The zero-order valence-corrected chi connectivity index (χ0v) is 17.9. The molecule has 1 amide bonds. The third kappa shape index (κ3) is 4.34. The maximum absolute atomic E-state index is 13.6. The fraction of sp³-hybridized carbons (Fsp3) is 0.304. The molecule has 2 aliphatic heterocycles. The number of aliphatic hydroxyl groups excluding tert-OH is 1. The number of likely N-dealkylation sites (tertiary alicyclic amines) is 1. The Morgan fingerprint density at radius 1 is 1.09 bits per heavy atom. The SMILES string of the molecule is O=C1C(=O)N(CCN2CCOCC2)[C@H](c2ccc(F)cc2)C1=C(O)c1cc(Cl)ccc1O. The smallest absolute Gasteiger partial charge is 0.295 e. The van der Waals surface area contributed by atoms with Crippen LogP contribution in [0.4, 0.5) is 4.39 Å². The summed E-state index contributed by atoms with van der Waals surface area (Å²) >= 11 is 6.00. The van der Waals surface area contributed by atoms with E-state index in [4.69, 9.17) is 16.3 Å². The minimum absolute atomic E-state index is 0.0595. The third-order valence-electron chi connectivity index (χ3n) is 5.70. The first-order valence-corrected chi connectivity index (χ1v) is 10.6. The van der Waals surface area contributed by atoms with E-state index in [-0.39, 0.29) is 28.5 Å². The topological polar surface area (TPSA) is 90.3 Å². The number of carbonyl (C=O) groups excluding carboxylic acids is 2. The molecule has 2 fully saturated rings. The van der Waals surface area contributed by atoms with Crippen molar-refractivity contribution in [2.45, 2.75) is 6.04 Å². The van der Waals surface area contributed by atoms with Crippen molar-refractivity contribution in [1.29, 1.82) is 0 Å². The lowest BCUT2D eigenvalue weighted by Crippen LogP contribution is -2.42. The summed E-state index contributed by atoms with van der Waals surface area (Å²) < 4.78 is 18.9. The second-order valence-electron chi connectivity index (χ2n) is 7.66. The molecule has 0 unspecified atom stereocenters. The summed E-state index contributed by atoms with van der Waals surface area (Å²) in [6, 6.07) is 8.51. The molecule has 2 aromatic rings. The predicted octanol–water partition coefficient (Wildman–Crippen LogP) is 2.94. The van der Waals surface area contributed by atoms with Gasteiger partial charge in [0, 0.05) is 31.2 Å². The Bertz CT molecular complexity index is 1070. The lowest BCUT2D eigenvalue weighted by molar-refractivity contribution is -0.140. The van der Waals surface area contributed by atoms with Gasteiger partial charge in [-0.05, 0) is 35.9 Å². The minimum atomic E-state index is -0.935. The molecule has 168 valence electrons. The number of aromatic hydroxyl groups is 1. The van der Waals surface area contributed by atoms with Crippen molar-refractivity contribution in [3.05, 3.63) is 70.0 Å². The molecule has 7 nitrogen and oxygen atoms in total. The molecule has 1 atom stereocenters. The van der Waals surface area contributed by atoms with Gasteiger partial charge in [0.05, 0.1) is 30.4 Å². The van der Waals surface area contributed by atoms with Crippen molar-refractivity contribution >= 4 is 29.1 Å². The maximum atomic E-state index is 13.6. The Labute approximate surface area is 189 Å². The normalized spacial score (nSPS) is 21.3. The van der Waals surface area contributed by atoms with E-state index in [1.54, 1.807) is 0 Å². The fourth-order valence-electron chi connectivity index (χ4n) is 4.02. The highest BCUT2D eigenvalue weighted by Crippen LogP contribution is 2.41. The molecular formula is C23H22ClFN2O5. The average molecular weight is 461 g/mol. The summed E-state index contributed by atoms with van der Waals surface area (Å²) in [5.74, 6) is -2.93. The van der Waals surface area contributed by atoms with Gasteiger partial charge in [-0.15, -0.1) is 0 Å². The summed E-state index contributed by atoms with van der Waals surface area (Å²) in [7, 11) is 0. The second kappa shape index (κ2) is 9.28. The molecule has 0 saturated carbocycles. The standard InChI is InChI=1S/C23H22ClFN2O5/c24-15-3-6-18(28)17(13-15)21(29)19-20(14-1-4-16(25)5-2-14)27(23(31)22(19)30)8-7-26-9-11-32-12-10-26/h1-6,13,20,28-29H,7-12H2/t20-/m1/s1. The Morgan fingerprint density at radius 2 is 1.78 bits per heavy atom. The molecule has 0 bridgehead atoms. The van der Waals surface area contributed by atoms with Crippen LogP contribution in [0, 0.1) is 5.82 Å². The van der Waals surface area contributed by atoms with Crippen molar-refractivity contribution in [2.75, 3.05) is 39.4 Å². The van der Waals surface area contributed by atoms with E-state index in [1.807, 2.05) is 0 Å². The van der Waals surface area contributed by atoms with Crippen molar-refractivity contribution in [2.24, 2.45) is 0 Å². The molecule has 9 heteroatoms. The number of carbonyl (C=O) groups is 2. The summed E-state index contributed by atoms with van der Waals surface area (Å²) in [5, 5.41) is 21.5. The molecular weight excluding hydrogens is 439 g/mol. The third-order valence-corrected chi connectivity index (χ3v) is 5.94. The number of benzene rings is 2. The number of ketones is 1. The van der Waals surface area contributed by atoms with Gasteiger partial charge in [0.25, 0.3) is 11.7 Å². The van der Waals surface area contributed by atoms with Crippen LogP contribution in [-0.4, -0.2) is 71.1 Å². The van der Waals surface area contributed by atoms with E-state index in [0.717, 1.165) is 0 Å². The van der Waals surface area contributed by atoms with Gasteiger partial charge < -0.3 is 19.8 Å². The highest BCUT2D eigenvalue weighted by Gasteiger charge is 2.46. The number of hydrogen-bond acceptors (Lipinski definition) is 6. The molecule has 4 rings (SSSR count). The van der Waals surface area contributed by atoms with Crippen LogP contribution < -0.4 is 0 Å². The van der Waals surface area contributed by atoms with E-state index < -0.39 is 29.3 Å². The zero-order chi connectivity index (χ0) is 22.8. The summed E-state index contributed by atoms with van der Waals surface area (Å²) in [6.07, 6.45) is 0. The molecule has 0 radical (unpaired) electrons. The predicted molar refractivity (Wildman–Crippen MR) is 116 cm³/mol. The number of rotatable bonds is 5. The number of nitrogens with zero attached hydrogens (tertiary/aromatic N) is 2. The van der Waals surface area contributed by atoms with Gasteiger partial charge >= 0.3 is 0 Å². The molecule has 2 aromatic carbocycles. The number of Topliss-reactive ketones (excluding diaryl/α,β-unsaturated/α-hetero) is 1. The number of hydrogen-bond donors (Lipinski definition) is 2. The molecule has 0 aliphatic carbocycles. The van der Waals surface area contributed by atoms with Crippen LogP contribution in [-0.2, 0) is 14.3 Å². The summed E-state index contributed by atoms with van der Waals surface area (Å²) in [5.41, 5.74) is 0.229. The van der Waals surface area contributed by atoms with Gasteiger partial charge in [-0.3, -0.25) is 14.5 Å². The van der Waals surface area contributed by atoms with Gasteiger partial charge in [-0.25, -0.2) is 4.39 Å². The van der Waals surface area contributed by atoms with E-state index in [1.165, 1.54) is 47.4 Å². The molecule has 2 N–H and O–H groups in total. The largest absolute Gasteiger partial charge is 0.507 e. The van der Waals surface area contributed by atoms with Crippen LogP contribution >= 0.6 is 11.6 Å². The maximum Gasteiger partial charge on any atom is 0.295 e. The van der Waals surface area contributed by atoms with Crippen molar-refractivity contribution in [3.8, 4) is 5.75 Å². The van der Waals surface area contributed by atoms with Gasteiger partial charge in [0.2, 0.25) is 0 Å². The van der Waals surface area contributed by atoms with Crippen molar-refractivity contribution in [1.82, 2.24) is 9.80 Å². The summed E-state index contributed by atoms with van der Waals surface area (Å²) in [4.78, 5) is 29.4. The Balaban J connectivity index is 1.76. The first-order valence-electron chi connectivity index (χ1n) is 10.2. The Kier molecular flexibility index (Phi) is 6.45. The molecule has 0 spiro atoms. The first-order chi connectivity index (χ1) is 15.4. The van der Waals surface area contributed by atoms with Crippen LogP contribution in [0.2, 0.25) is 5.02 Å². The van der Waals surface area contributed by atoms with Crippen LogP contribution in [0.1, 0.15) is 17.2 Å². The van der Waals surface area contributed by atoms with E-state index in [2.05, 4.69) is 4.90 Å². The fourth-order valence-corrected chi connectivity index (χ4v) is 4.19. The molecule has 0 aromatic heterocycles. The molecule has 32 heavy (non-hydrogen) atoms. The highest BCUT2D eigenvalue weighted by atomic mass is 35.5. The Hall–Kier alpha value is -2.94. The lowest BCUT2D eigenvalue weighted by atomic mass is 9.95. The minimum Gasteiger partial charge on any atom is -0.507 e. The van der Waals surface area contributed by atoms with Crippen LogP contribution in [0.3, 0.4) is 0 Å². The van der Waals surface area contributed by atoms with Crippen LogP contribution in [0.15, 0.2) is 48.0 Å². The van der Waals surface area contributed by atoms with Gasteiger partial charge in [0.15, 0.2) is 0 Å². The number of morpholine rings is 1.